The molecule has 0 atom stereocenters. The van der Waals surface area contributed by atoms with E-state index >= 15 is 0 Å². The van der Waals surface area contributed by atoms with E-state index in [9.17, 15) is 4.79 Å². The zero-order valence-electron chi connectivity index (χ0n) is 11.4. The first kappa shape index (κ1) is 11.6. The van der Waals surface area contributed by atoms with Crippen molar-refractivity contribution in [3.63, 3.8) is 0 Å². The van der Waals surface area contributed by atoms with Crippen molar-refractivity contribution in [1.82, 2.24) is 14.4 Å². The van der Waals surface area contributed by atoms with Crippen LogP contribution in [0.2, 0.25) is 0 Å². The maximum Gasteiger partial charge on any atom is 0.267 e. The van der Waals surface area contributed by atoms with Gasteiger partial charge < -0.3 is 0 Å². The lowest BCUT2D eigenvalue weighted by molar-refractivity contribution is 0.873. The van der Waals surface area contributed by atoms with Gasteiger partial charge in [0, 0.05) is 11.4 Å². The van der Waals surface area contributed by atoms with Crippen molar-refractivity contribution in [2.75, 3.05) is 0 Å². The molecule has 0 spiro atoms. The average molecular weight is 265 g/mol. The summed E-state index contributed by atoms with van der Waals surface area (Å²) in [6, 6.07) is 7.49. The molecule has 0 aliphatic heterocycles. The molecule has 0 bridgehead atoms. The largest absolute Gasteiger partial charge is 0.268 e. The second-order valence-electron chi connectivity index (χ2n) is 5.26. The molecule has 0 amide bonds. The summed E-state index contributed by atoms with van der Waals surface area (Å²) in [5.41, 5.74) is 4.22. The van der Waals surface area contributed by atoms with Crippen molar-refractivity contribution in [3.05, 3.63) is 51.6 Å². The molecule has 3 aromatic rings. The van der Waals surface area contributed by atoms with Gasteiger partial charge in [-0.3, -0.25) is 4.79 Å². The Kier molecular flexibility index (Phi) is 2.39. The Labute approximate surface area is 116 Å². The summed E-state index contributed by atoms with van der Waals surface area (Å²) < 4.78 is 1.73. The van der Waals surface area contributed by atoms with Crippen molar-refractivity contribution >= 4 is 16.7 Å². The SMILES string of the molecule is CCc1nc2nc3ccccc3c(=O)n2c2c1CCC2. The number of fused-ring (bicyclic) bond motifs is 4. The highest BCUT2D eigenvalue weighted by atomic mass is 16.1. The van der Waals surface area contributed by atoms with Crippen LogP contribution in [-0.4, -0.2) is 14.4 Å². The molecule has 0 N–H and O–H groups in total. The van der Waals surface area contributed by atoms with E-state index in [-0.39, 0.29) is 5.56 Å². The molecule has 1 aromatic carbocycles. The van der Waals surface area contributed by atoms with Crippen molar-refractivity contribution in [1.29, 1.82) is 0 Å². The Hall–Kier alpha value is -2.23. The third kappa shape index (κ3) is 1.45. The highest BCUT2D eigenvalue weighted by Crippen LogP contribution is 2.25. The standard InChI is InChI=1S/C16H15N3O/c1-2-12-10-7-5-9-14(10)19-15(20)11-6-3-4-8-13(11)18-16(19)17-12/h3-4,6,8H,2,5,7,9H2,1H3. The van der Waals surface area contributed by atoms with E-state index in [0.717, 1.165) is 42.6 Å². The lowest BCUT2D eigenvalue weighted by Crippen LogP contribution is -2.21. The number of hydrogen-bond donors (Lipinski definition) is 0. The topological polar surface area (TPSA) is 47.3 Å². The Morgan fingerprint density at radius 1 is 1.20 bits per heavy atom. The molecule has 0 saturated carbocycles. The van der Waals surface area contributed by atoms with Gasteiger partial charge in [0.2, 0.25) is 5.78 Å². The molecule has 0 saturated heterocycles. The summed E-state index contributed by atoms with van der Waals surface area (Å²) in [6.07, 6.45) is 3.96. The third-order valence-corrected chi connectivity index (χ3v) is 4.13. The van der Waals surface area contributed by atoms with Crippen LogP contribution >= 0.6 is 0 Å². The Balaban J connectivity index is 2.25. The second-order valence-corrected chi connectivity index (χ2v) is 5.26. The van der Waals surface area contributed by atoms with E-state index in [1.54, 1.807) is 4.40 Å². The first-order valence-corrected chi connectivity index (χ1v) is 7.11. The Morgan fingerprint density at radius 2 is 2.05 bits per heavy atom. The van der Waals surface area contributed by atoms with Gasteiger partial charge in [-0.1, -0.05) is 19.1 Å². The van der Waals surface area contributed by atoms with Crippen molar-refractivity contribution in [2.24, 2.45) is 0 Å². The number of rotatable bonds is 1. The zero-order valence-corrected chi connectivity index (χ0v) is 11.4. The predicted molar refractivity (Wildman–Crippen MR) is 78.2 cm³/mol. The quantitative estimate of drug-likeness (QED) is 0.634. The summed E-state index contributed by atoms with van der Waals surface area (Å²) in [5, 5.41) is 0.671. The minimum atomic E-state index is 0.0129. The van der Waals surface area contributed by atoms with Gasteiger partial charge in [-0.15, -0.1) is 0 Å². The lowest BCUT2D eigenvalue weighted by atomic mass is 10.1. The van der Waals surface area contributed by atoms with E-state index < -0.39 is 0 Å². The molecular weight excluding hydrogens is 250 g/mol. The van der Waals surface area contributed by atoms with Crippen molar-refractivity contribution in [2.45, 2.75) is 32.6 Å². The molecule has 1 aliphatic carbocycles. The smallest absolute Gasteiger partial charge is 0.267 e. The van der Waals surface area contributed by atoms with Gasteiger partial charge in [-0.2, -0.15) is 0 Å². The maximum absolute atomic E-state index is 12.7. The van der Waals surface area contributed by atoms with Crippen LogP contribution in [-0.2, 0) is 19.3 Å². The van der Waals surface area contributed by atoms with Gasteiger partial charge >= 0.3 is 0 Å². The molecule has 2 aromatic heterocycles. The normalized spacial score (nSPS) is 14.1. The lowest BCUT2D eigenvalue weighted by Gasteiger charge is -2.11. The maximum atomic E-state index is 12.7. The van der Waals surface area contributed by atoms with E-state index in [0.29, 0.717) is 11.2 Å². The number of aryl methyl sites for hydroxylation is 2. The monoisotopic (exact) mass is 265 g/mol. The molecule has 1 aliphatic rings. The van der Waals surface area contributed by atoms with Crippen molar-refractivity contribution < 1.29 is 0 Å². The summed E-state index contributed by atoms with van der Waals surface area (Å²) in [4.78, 5) is 21.9. The van der Waals surface area contributed by atoms with Crippen LogP contribution in [0, 0.1) is 0 Å². The molecule has 0 unspecified atom stereocenters. The van der Waals surface area contributed by atoms with Crippen LogP contribution in [0.4, 0.5) is 0 Å². The molecule has 4 heteroatoms. The highest BCUT2D eigenvalue weighted by Gasteiger charge is 2.21. The molecule has 20 heavy (non-hydrogen) atoms. The molecule has 4 rings (SSSR count). The zero-order chi connectivity index (χ0) is 13.7. The summed E-state index contributed by atoms with van der Waals surface area (Å²) in [7, 11) is 0. The van der Waals surface area contributed by atoms with E-state index in [1.807, 2.05) is 24.3 Å². The molecule has 0 radical (unpaired) electrons. The number of hydrogen-bond acceptors (Lipinski definition) is 3. The van der Waals surface area contributed by atoms with Gasteiger partial charge in [0.05, 0.1) is 10.9 Å². The first-order valence-electron chi connectivity index (χ1n) is 7.11. The minimum Gasteiger partial charge on any atom is -0.268 e. The van der Waals surface area contributed by atoms with Crippen LogP contribution < -0.4 is 5.56 Å². The number of nitrogens with zero attached hydrogens (tertiary/aromatic N) is 3. The van der Waals surface area contributed by atoms with E-state index in [4.69, 9.17) is 0 Å². The van der Waals surface area contributed by atoms with Crippen LogP contribution in [0.3, 0.4) is 0 Å². The minimum absolute atomic E-state index is 0.0129. The predicted octanol–water partition coefficient (Wildman–Crippen LogP) is 2.29. The van der Waals surface area contributed by atoms with Crippen LogP contribution in [0.1, 0.15) is 30.3 Å². The number of para-hydroxylation sites is 1. The first-order chi connectivity index (χ1) is 9.79. The Bertz CT molecular complexity index is 895. The van der Waals surface area contributed by atoms with Gasteiger partial charge in [-0.25, -0.2) is 14.4 Å². The average Bonchev–Trinajstić information content (AvgIpc) is 2.95. The van der Waals surface area contributed by atoms with Crippen LogP contribution in [0.15, 0.2) is 29.1 Å². The summed E-state index contributed by atoms with van der Waals surface area (Å²) in [6.45, 7) is 2.11. The van der Waals surface area contributed by atoms with Gasteiger partial charge in [-0.05, 0) is 43.4 Å². The van der Waals surface area contributed by atoms with Crippen molar-refractivity contribution in [3.8, 4) is 0 Å². The number of benzene rings is 1. The van der Waals surface area contributed by atoms with Crippen LogP contribution in [0.5, 0.6) is 0 Å². The molecule has 100 valence electrons. The molecule has 0 fully saturated rings. The summed E-state index contributed by atoms with van der Waals surface area (Å²) in [5.74, 6) is 0.547. The van der Waals surface area contributed by atoms with Gasteiger partial charge in [0.1, 0.15) is 0 Å². The summed E-state index contributed by atoms with van der Waals surface area (Å²) >= 11 is 0. The fourth-order valence-corrected chi connectivity index (χ4v) is 3.21. The van der Waals surface area contributed by atoms with Gasteiger partial charge in [0.25, 0.3) is 5.56 Å². The van der Waals surface area contributed by atoms with Gasteiger partial charge in [0.15, 0.2) is 0 Å². The van der Waals surface area contributed by atoms with Crippen LogP contribution in [0.25, 0.3) is 16.7 Å². The Morgan fingerprint density at radius 3 is 2.90 bits per heavy atom. The molecular formula is C16H15N3O. The highest BCUT2D eigenvalue weighted by molar-refractivity contribution is 5.79. The van der Waals surface area contributed by atoms with E-state index in [2.05, 4.69) is 16.9 Å². The second kappa shape index (κ2) is 4.13. The van der Waals surface area contributed by atoms with E-state index in [1.165, 1.54) is 5.56 Å². The fraction of sp³-hybridized carbons (Fsp3) is 0.312. The number of aromatic nitrogens is 3. The third-order valence-electron chi connectivity index (χ3n) is 4.13. The molecule has 4 nitrogen and oxygen atoms in total. The molecule has 2 heterocycles. The fourth-order valence-electron chi connectivity index (χ4n) is 3.21.